The highest BCUT2D eigenvalue weighted by molar-refractivity contribution is 8.00. The van der Waals surface area contributed by atoms with Crippen LogP contribution in [0, 0.1) is 11.3 Å². The number of hydrogen-bond acceptors (Lipinski definition) is 4. The molecule has 4 heteroatoms. The van der Waals surface area contributed by atoms with Gasteiger partial charge in [-0.15, -0.1) is 0 Å². The summed E-state index contributed by atoms with van der Waals surface area (Å²) < 4.78 is 5.73. The van der Waals surface area contributed by atoms with E-state index in [-0.39, 0.29) is 0 Å². The number of nitriles is 1. The third-order valence-corrected chi connectivity index (χ3v) is 5.21. The third-order valence-electron chi connectivity index (χ3n) is 3.87. The minimum absolute atomic E-state index is 0.615. The second-order valence-electron chi connectivity index (χ2n) is 5.16. The molecular weight excluding hydrogens is 268 g/mol. The van der Waals surface area contributed by atoms with E-state index in [0.29, 0.717) is 29.2 Å². The zero-order valence-corrected chi connectivity index (χ0v) is 13.0. The van der Waals surface area contributed by atoms with Crippen molar-refractivity contribution in [1.82, 2.24) is 4.90 Å². The lowest BCUT2D eigenvalue weighted by atomic mass is 10.2. The zero-order valence-electron chi connectivity index (χ0n) is 12.2. The van der Waals surface area contributed by atoms with Gasteiger partial charge in [-0.1, -0.05) is 19.1 Å². The van der Waals surface area contributed by atoms with Crippen LogP contribution in [0.2, 0.25) is 0 Å². The molecule has 0 N–H and O–H groups in total. The van der Waals surface area contributed by atoms with Gasteiger partial charge in [0.2, 0.25) is 0 Å². The summed E-state index contributed by atoms with van der Waals surface area (Å²) in [5, 5.41) is 9.71. The number of thioether (sulfide) groups is 1. The molecule has 0 saturated carbocycles. The molecule has 1 aromatic carbocycles. The lowest BCUT2D eigenvalue weighted by Gasteiger charge is -2.37. The standard InChI is InChI=1S/C16H22N2OS/c1-13-14(2)20-11-9-18(13)8-5-10-19-16-7-4-3-6-15(16)12-17/h3-4,6-7,13-14H,5,8-11H2,1-2H3. The number of rotatable bonds is 5. The summed E-state index contributed by atoms with van der Waals surface area (Å²) >= 11 is 2.06. The molecule has 1 aromatic rings. The monoisotopic (exact) mass is 290 g/mol. The van der Waals surface area contributed by atoms with Gasteiger partial charge in [-0.25, -0.2) is 0 Å². The lowest BCUT2D eigenvalue weighted by Crippen LogP contribution is -2.45. The second-order valence-corrected chi connectivity index (χ2v) is 6.65. The lowest BCUT2D eigenvalue weighted by molar-refractivity contribution is 0.191. The van der Waals surface area contributed by atoms with E-state index in [9.17, 15) is 0 Å². The van der Waals surface area contributed by atoms with Gasteiger partial charge in [-0.2, -0.15) is 17.0 Å². The first kappa shape index (κ1) is 15.2. The maximum Gasteiger partial charge on any atom is 0.137 e. The first-order valence-corrected chi connectivity index (χ1v) is 8.25. The normalized spacial score (nSPS) is 23.2. The minimum Gasteiger partial charge on any atom is -0.492 e. The van der Waals surface area contributed by atoms with Crippen LogP contribution >= 0.6 is 11.8 Å². The molecule has 0 spiro atoms. The molecule has 0 amide bonds. The van der Waals surface area contributed by atoms with Gasteiger partial charge < -0.3 is 4.74 Å². The summed E-state index contributed by atoms with van der Waals surface area (Å²) in [7, 11) is 0. The fourth-order valence-corrected chi connectivity index (χ4v) is 3.61. The van der Waals surface area contributed by atoms with E-state index in [0.717, 1.165) is 13.0 Å². The predicted octanol–water partition coefficient (Wildman–Crippen LogP) is 3.15. The van der Waals surface area contributed by atoms with Crippen molar-refractivity contribution in [1.29, 1.82) is 5.26 Å². The van der Waals surface area contributed by atoms with Gasteiger partial charge in [-0.3, -0.25) is 4.90 Å². The summed E-state index contributed by atoms with van der Waals surface area (Å²) in [6.45, 7) is 7.53. The smallest absolute Gasteiger partial charge is 0.137 e. The van der Waals surface area contributed by atoms with Crippen molar-refractivity contribution in [2.24, 2.45) is 0 Å². The van der Waals surface area contributed by atoms with Gasteiger partial charge in [0.1, 0.15) is 11.8 Å². The average Bonchev–Trinajstić information content (AvgIpc) is 2.48. The topological polar surface area (TPSA) is 36.3 Å². The van der Waals surface area contributed by atoms with Crippen LogP contribution in [-0.4, -0.2) is 41.6 Å². The maximum atomic E-state index is 9.00. The summed E-state index contributed by atoms with van der Waals surface area (Å²) in [5.41, 5.74) is 0.615. The first-order chi connectivity index (χ1) is 9.72. The molecule has 2 unspecified atom stereocenters. The molecule has 1 fully saturated rings. The van der Waals surface area contributed by atoms with E-state index in [2.05, 4.69) is 36.6 Å². The van der Waals surface area contributed by atoms with Crippen molar-refractivity contribution in [3.8, 4) is 11.8 Å². The Morgan fingerprint density at radius 3 is 3.00 bits per heavy atom. The molecule has 20 heavy (non-hydrogen) atoms. The van der Waals surface area contributed by atoms with Crippen LogP contribution in [0.5, 0.6) is 5.75 Å². The highest BCUT2D eigenvalue weighted by atomic mass is 32.2. The SMILES string of the molecule is CC1SCCN(CCCOc2ccccc2C#N)C1C. The van der Waals surface area contributed by atoms with Gasteiger partial charge in [0, 0.05) is 30.1 Å². The van der Waals surface area contributed by atoms with E-state index in [1.165, 1.54) is 12.3 Å². The molecule has 1 heterocycles. The number of para-hydroxylation sites is 1. The van der Waals surface area contributed by atoms with Crippen molar-refractivity contribution in [2.45, 2.75) is 31.6 Å². The van der Waals surface area contributed by atoms with Crippen LogP contribution in [0.3, 0.4) is 0 Å². The summed E-state index contributed by atoms with van der Waals surface area (Å²) in [4.78, 5) is 2.54. The molecule has 0 radical (unpaired) electrons. The number of ether oxygens (including phenoxy) is 1. The Hall–Kier alpha value is -1.18. The fourth-order valence-electron chi connectivity index (χ4n) is 2.45. The van der Waals surface area contributed by atoms with Gasteiger partial charge >= 0.3 is 0 Å². The maximum absolute atomic E-state index is 9.00. The second kappa shape index (κ2) is 7.56. The van der Waals surface area contributed by atoms with Crippen molar-refractivity contribution in [2.75, 3.05) is 25.4 Å². The van der Waals surface area contributed by atoms with E-state index in [1.54, 1.807) is 6.07 Å². The molecule has 2 rings (SSSR count). The van der Waals surface area contributed by atoms with Gasteiger partial charge in [0.15, 0.2) is 0 Å². The molecule has 1 aliphatic rings. The Balaban J connectivity index is 1.75. The third kappa shape index (κ3) is 3.91. The van der Waals surface area contributed by atoms with Gasteiger partial charge in [0.05, 0.1) is 12.2 Å². The van der Waals surface area contributed by atoms with Crippen molar-refractivity contribution < 1.29 is 4.74 Å². The average molecular weight is 290 g/mol. The van der Waals surface area contributed by atoms with E-state index in [4.69, 9.17) is 10.00 Å². The van der Waals surface area contributed by atoms with Gasteiger partial charge in [-0.05, 0) is 25.5 Å². The van der Waals surface area contributed by atoms with Crippen molar-refractivity contribution >= 4 is 11.8 Å². The van der Waals surface area contributed by atoms with E-state index in [1.807, 2.05) is 18.2 Å². The van der Waals surface area contributed by atoms with Crippen molar-refractivity contribution in [3.05, 3.63) is 29.8 Å². The van der Waals surface area contributed by atoms with Crippen LogP contribution in [0.25, 0.3) is 0 Å². The number of hydrogen-bond donors (Lipinski definition) is 0. The fraction of sp³-hybridized carbons (Fsp3) is 0.562. The van der Waals surface area contributed by atoms with Crippen LogP contribution in [-0.2, 0) is 0 Å². The molecule has 1 aliphatic heterocycles. The van der Waals surface area contributed by atoms with Crippen LogP contribution in [0.1, 0.15) is 25.8 Å². The minimum atomic E-state index is 0.615. The van der Waals surface area contributed by atoms with Crippen LogP contribution in [0.4, 0.5) is 0 Å². The molecule has 108 valence electrons. The Bertz CT molecular complexity index is 472. The predicted molar refractivity (Wildman–Crippen MR) is 84.2 cm³/mol. The Morgan fingerprint density at radius 1 is 1.40 bits per heavy atom. The van der Waals surface area contributed by atoms with E-state index < -0.39 is 0 Å². The molecule has 1 saturated heterocycles. The first-order valence-electron chi connectivity index (χ1n) is 7.20. The molecule has 0 aliphatic carbocycles. The van der Waals surface area contributed by atoms with Crippen molar-refractivity contribution in [3.63, 3.8) is 0 Å². The molecule has 2 atom stereocenters. The summed E-state index contributed by atoms with van der Waals surface area (Å²) in [6, 6.07) is 10.2. The Labute approximate surface area is 125 Å². The van der Waals surface area contributed by atoms with E-state index >= 15 is 0 Å². The molecule has 0 aromatic heterocycles. The Morgan fingerprint density at radius 2 is 2.20 bits per heavy atom. The molecule has 0 bridgehead atoms. The highest BCUT2D eigenvalue weighted by Gasteiger charge is 2.24. The summed E-state index contributed by atoms with van der Waals surface area (Å²) in [6.07, 6.45) is 1.00. The quantitative estimate of drug-likeness (QED) is 0.781. The zero-order chi connectivity index (χ0) is 14.4. The Kier molecular flexibility index (Phi) is 5.75. The number of benzene rings is 1. The van der Waals surface area contributed by atoms with Gasteiger partial charge in [0.25, 0.3) is 0 Å². The largest absolute Gasteiger partial charge is 0.492 e. The molecule has 3 nitrogen and oxygen atoms in total. The van der Waals surface area contributed by atoms with Crippen LogP contribution in [0.15, 0.2) is 24.3 Å². The van der Waals surface area contributed by atoms with Crippen LogP contribution < -0.4 is 4.74 Å². The number of nitrogens with zero attached hydrogens (tertiary/aromatic N) is 2. The molecular formula is C16H22N2OS. The summed E-state index contributed by atoms with van der Waals surface area (Å²) in [5.74, 6) is 1.93. The highest BCUT2D eigenvalue weighted by Crippen LogP contribution is 2.24.